The lowest BCUT2D eigenvalue weighted by Crippen LogP contribution is -2.68. The van der Waals surface area contributed by atoms with E-state index in [-0.39, 0.29) is 41.7 Å². The highest BCUT2D eigenvalue weighted by molar-refractivity contribution is 6.36. The number of esters is 1. The minimum atomic E-state index is -1.06. The number of halogens is 1. The van der Waals surface area contributed by atoms with Crippen molar-refractivity contribution in [3.8, 4) is 0 Å². The second kappa shape index (κ2) is 11.8. The number of amides is 5. The van der Waals surface area contributed by atoms with Gasteiger partial charge in [0.25, 0.3) is 5.91 Å². The Kier molecular flexibility index (Phi) is 9.17. The number of hydrogen-bond donors (Lipinski definition) is 3. The van der Waals surface area contributed by atoms with Crippen LogP contribution in [0.15, 0.2) is 18.2 Å². The molecule has 2 aliphatic rings. The first-order valence-corrected chi connectivity index (χ1v) is 13.1. The summed E-state index contributed by atoms with van der Waals surface area (Å²) in [7, 11) is 0. The molecule has 2 aliphatic heterocycles. The molecule has 0 radical (unpaired) electrons. The van der Waals surface area contributed by atoms with Gasteiger partial charge in [0.2, 0.25) is 12.1 Å². The van der Waals surface area contributed by atoms with Gasteiger partial charge in [-0.1, -0.05) is 38.4 Å². The molecule has 38 heavy (non-hydrogen) atoms. The third-order valence-corrected chi connectivity index (χ3v) is 7.10. The minimum Gasteiger partial charge on any atom is -0.439 e. The molecule has 3 N–H and O–H groups in total. The second-order valence-electron chi connectivity index (χ2n) is 10.6. The highest BCUT2D eigenvalue weighted by atomic mass is 35.5. The number of hydrogen-bond acceptors (Lipinski definition) is 7. The molecule has 0 bridgehead atoms. The summed E-state index contributed by atoms with van der Waals surface area (Å²) < 4.78 is 10.2. The van der Waals surface area contributed by atoms with E-state index < -0.39 is 52.1 Å². The van der Waals surface area contributed by atoms with Crippen LogP contribution in [-0.4, -0.2) is 72.3 Å². The monoisotopic (exact) mass is 551 g/mol. The Balaban J connectivity index is 1.88. The van der Waals surface area contributed by atoms with Crippen LogP contribution in [0.4, 0.5) is 10.5 Å². The van der Waals surface area contributed by atoms with Crippen molar-refractivity contribution in [1.82, 2.24) is 10.6 Å². The quantitative estimate of drug-likeness (QED) is 0.349. The van der Waals surface area contributed by atoms with E-state index >= 15 is 0 Å². The van der Waals surface area contributed by atoms with Gasteiger partial charge in [-0.15, -0.1) is 0 Å². The third kappa shape index (κ3) is 6.33. The summed E-state index contributed by atoms with van der Waals surface area (Å²) in [6.07, 6.45) is -0.380. The van der Waals surface area contributed by atoms with Crippen LogP contribution in [0, 0.1) is 5.41 Å². The molecule has 11 nitrogen and oxygen atoms in total. The van der Waals surface area contributed by atoms with Crippen molar-refractivity contribution in [3.05, 3.63) is 28.8 Å². The van der Waals surface area contributed by atoms with Gasteiger partial charge in [0.1, 0.15) is 6.10 Å². The molecule has 0 saturated carbocycles. The topological polar surface area (TPSA) is 140 Å². The zero-order valence-corrected chi connectivity index (χ0v) is 23.1. The lowest BCUT2D eigenvalue weighted by atomic mass is 9.85. The van der Waals surface area contributed by atoms with Crippen molar-refractivity contribution in [1.29, 1.82) is 0 Å². The number of anilines is 1. The number of carbonyl (C=O) groups excluding carboxylic acids is 5. The Morgan fingerprint density at radius 3 is 2.42 bits per heavy atom. The van der Waals surface area contributed by atoms with Gasteiger partial charge in [0.05, 0.1) is 35.8 Å². The Morgan fingerprint density at radius 1 is 1.18 bits per heavy atom. The molecule has 0 aliphatic carbocycles. The van der Waals surface area contributed by atoms with Crippen LogP contribution in [0.2, 0.25) is 5.02 Å². The molecule has 208 valence electrons. The van der Waals surface area contributed by atoms with Gasteiger partial charge in [-0.25, -0.2) is 9.59 Å². The van der Waals surface area contributed by atoms with E-state index in [1.54, 1.807) is 39.8 Å². The lowest BCUT2D eigenvalue weighted by Gasteiger charge is -2.37. The maximum Gasteiger partial charge on any atom is 0.427 e. The molecule has 2 saturated heterocycles. The number of likely N-dealkylation sites (tertiary alicyclic amines) is 1. The number of cyclic esters (lactones) is 1. The van der Waals surface area contributed by atoms with Crippen LogP contribution >= 0.6 is 11.6 Å². The van der Waals surface area contributed by atoms with E-state index in [9.17, 15) is 24.0 Å². The van der Waals surface area contributed by atoms with Crippen molar-refractivity contribution in [2.45, 2.75) is 72.3 Å². The van der Waals surface area contributed by atoms with E-state index in [2.05, 4.69) is 16.0 Å². The number of urea groups is 1. The van der Waals surface area contributed by atoms with Gasteiger partial charge in [0, 0.05) is 26.4 Å². The largest absolute Gasteiger partial charge is 0.439 e. The summed E-state index contributed by atoms with van der Waals surface area (Å²) in [5.41, 5.74) is -0.423. The number of imide groups is 1. The number of rotatable bonds is 7. The average molecular weight is 552 g/mol. The van der Waals surface area contributed by atoms with Crippen LogP contribution in [0.5, 0.6) is 0 Å². The van der Waals surface area contributed by atoms with E-state index in [4.69, 9.17) is 21.1 Å². The molecule has 12 heteroatoms. The number of carbonyl (C=O) groups is 5. The van der Waals surface area contributed by atoms with Crippen molar-refractivity contribution in [2.24, 2.45) is 5.41 Å². The second-order valence-corrected chi connectivity index (χ2v) is 11.0. The third-order valence-electron chi connectivity index (χ3n) is 6.69. The van der Waals surface area contributed by atoms with Crippen molar-refractivity contribution in [2.75, 3.05) is 25.0 Å². The first-order chi connectivity index (χ1) is 17.8. The number of ether oxygens (including phenoxy) is 2. The number of benzene rings is 1. The fourth-order valence-corrected chi connectivity index (χ4v) is 5.02. The van der Waals surface area contributed by atoms with E-state index in [1.807, 2.05) is 0 Å². The molecule has 0 unspecified atom stereocenters. The Hall–Kier alpha value is -3.02. The van der Waals surface area contributed by atoms with Crippen molar-refractivity contribution >= 4 is 47.0 Å². The molecule has 1 aromatic rings. The number of nitrogens with zero attached hydrogens (tertiary/aromatic N) is 1. The number of nitrogens with one attached hydrogen (secondary N) is 3. The predicted octanol–water partition coefficient (Wildman–Crippen LogP) is 2.97. The molecule has 0 spiro atoms. The van der Waals surface area contributed by atoms with Gasteiger partial charge < -0.3 is 20.1 Å². The summed E-state index contributed by atoms with van der Waals surface area (Å²) in [4.78, 5) is 64.5. The molecule has 2 heterocycles. The van der Waals surface area contributed by atoms with Crippen molar-refractivity contribution in [3.63, 3.8) is 0 Å². The zero-order chi connectivity index (χ0) is 28.3. The van der Waals surface area contributed by atoms with Crippen molar-refractivity contribution < 1.29 is 37.9 Å². The normalized spacial score (nSPS) is 21.4. The fraction of sp³-hybridized carbons (Fsp3) is 0.577. The van der Waals surface area contributed by atoms with Gasteiger partial charge in [0.15, 0.2) is 6.04 Å². The van der Waals surface area contributed by atoms with E-state index in [0.29, 0.717) is 19.4 Å². The maximum absolute atomic E-state index is 14.1. The summed E-state index contributed by atoms with van der Waals surface area (Å²) in [6, 6.07) is 2.95. The summed E-state index contributed by atoms with van der Waals surface area (Å²) in [6.45, 7) is 9.28. The number of quaternary nitrogens is 1. The van der Waals surface area contributed by atoms with Crippen LogP contribution in [0.3, 0.4) is 0 Å². The molecule has 2 fully saturated rings. The Labute approximate surface area is 227 Å². The van der Waals surface area contributed by atoms with Gasteiger partial charge >= 0.3 is 17.9 Å². The van der Waals surface area contributed by atoms with Crippen LogP contribution < -0.4 is 16.0 Å². The van der Waals surface area contributed by atoms with Gasteiger partial charge in [-0.3, -0.25) is 19.7 Å². The predicted molar refractivity (Wildman–Crippen MR) is 139 cm³/mol. The van der Waals surface area contributed by atoms with Crippen LogP contribution in [0.25, 0.3) is 0 Å². The zero-order valence-electron chi connectivity index (χ0n) is 22.4. The first kappa shape index (κ1) is 29.5. The smallest absolute Gasteiger partial charge is 0.427 e. The molecule has 0 aromatic heterocycles. The SMILES string of the molecule is CCO[C@H]1CC(=O)O[C@H]1NC(=O)[N+]1(C(=O)[C@@H](NC(=O)c2cccc(NC(C)=O)c2Cl)C(C)(C)C)CCCC1. The Morgan fingerprint density at radius 2 is 1.84 bits per heavy atom. The summed E-state index contributed by atoms with van der Waals surface area (Å²) in [5.74, 6) is -1.94. The fourth-order valence-electron chi connectivity index (χ4n) is 4.76. The highest BCUT2D eigenvalue weighted by Gasteiger charge is 2.54. The Bertz CT molecular complexity index is 1110. The summed E-state index contributed by atoms with van der Waals surface area (Å²) in [5, 5.41) is 8.10. The van der Waals surface area contributed by atoms with Gasteiger partial charge in [-0.05, 0) is 24.5 Å². The molecule has 5 amide bonds. The van der Waals surface area contributed by atoms with E-state index in [1.165, 1.54) is 13.0 Å². The highest BCUT2D eigenvalue weighted by Crippen LogP contribution is 2.31. The average Bonchev–Trinajstić information content (AvgIpc) is 3.45. The van der Waals surface area contributed by atoms with Gasteiger partial charge in [-0.2, -0.15) is 4.48 Å². The lowest BCUT2D eigenvalue weighted by molar-refractivity contribution is -0.761. The molecule has 3 atom stereocenters. The molecule has 3 rings (SSSR count). The summed E-state index contributed by atoms with van der Waals surface area (Å²) >= 11 is 6.39. The minimum absolute atomic E-state index is 0.00567. The maximum atomic E-state index is 14.1. The molecular weight excluding hydrogens is 516 g/mol. The molecule has 1 aromatic carbocycles. The molecular formula is C26H36ClN4O7+. The van der Waals surface area contributed by atoms with Crippen LogP contribution in [-0.2, 0) is 23.9 Å². The van der Waals surface area contributed by atoms with E-state index in [0.717, 1.165) is 0 Å². The standard InChI is InChI=1S/C26H35ClN4O7/c1-6-37-18-14-19(33)38-23(18)30-25(36)31(12-7-8-13-31)24(35)21(26(3,4)5)29-22(34)16-10-9-11-17(20(16)27)28-15(2)32/h9-11,18,21,23H,6-8,12-14H2,1-5H3,(H2-,28,29,30,32,34,36)/p+1/t18-,21+,23+/m0/s1. The first-order valence-electron chi connectivity index (χ1n) is 12.7. The van der Waals surface area contributed by atoms with Crippen LogP contribution in [0.1, 0.15) is 64.2 Å².